The number of phosphoric acid groups is 1. The fraction of sp³-hybridized carbons (Fsp3) is 0.786. The molecule has 0 saturated carbocycles. The average Bonchev–Trinajstić information content (AvgIpc) is 2.89. The molecule has 0 fully saturated rings. The smallest absolute Gasteiger partial charge is 0.462 e. The van der Waals surface area contributed by atoms with Gasteiger partial charge in [0.05, 0.1) is 13.2 Å². The maximum atomic E-state index is 12.3. The second kappa shape index (κ2) is 25.8. The van der Waals surface area contributed by atoms with Crippen LogP contribution < -0.4 is 5.73 Å². The quantitative estimate of drug-likeness (QED) is 0.0522. The first-order chi connectivity index (χ1) is 18.3. The molecule has 0 heterocycles. The van der Waals surface area contributed by atoms with Crippen LogP contribution in [0.2, 0.25) is 0 Å². The molecule has 2 unspecified atom stereocenters. The van der Waals surface area contributed by atoms with Crippen LogP contribution in [0.1, 0.15) is 110 Å². The first-order valence-electron chi connectivity index (χ1n) is 14.3. The lowest BCUT2D eigenvalue weighted by molar-refractivity contribution is -0.161. The van der Waals surface area contributed by atoms with Gasteiger partial charge >= 0.3 is 19.8 Å². The van der Waals surface area contributed by atoms with Gasteiger partial charge in [0.25, 0.3) is 0 Å². The number of nitrogens with two attached hydrogens (primary N) is 1. The van der Waals surface area contributed by atoms with Crippen molar-refractivity contribution in [3.63, 3.8) is 0 Å². The zero-order valence-corrected chi connectivity index (χ0v) is 24.5. The molecule has 0 rings (SSSR count). The molecule has 3 N–H and O–H groups in total. The summed E-state index contributed by atoms with van der Waals surface area (Å²) in [7, 11) is -4.35. The van der Waals surface area contributed by atoms with E-state index in [2.05, 4.69) is 31.2 Å². The second-order valence-corrected chi connectivity index (χ2v) is 10.7. The summed E-state index contributed by atoms with van der Waals surface area (Å²) in [6.45, 7) is 3.44. The molecule has 0 saturated heterocycles. The van der Waals surface area contributed by atoms with Crippen LogP contribution in [0.5, 0.6) is 0 Å². The van der Waals surface area contributed by atoms with Gasteiger partial charge < -0.3 is 20.1 Å². The number of carbonyl (C=O) groups excluding carboxylic acids is 2. The van der Waals surface area contributed by atoms with Crippen molar-refractivity contribution in [1.29, 1.82) is 0 Å². The Morgan fingerprint density at radius 2 is 1.39 bits per heavy atom. The molecule has 0 aliphatic heterocycles. The Bertz CT molecular complexity index is 698. The zero-order valence-electron chi connectivity index (χ0n) is 23.7. The summed E-state index contributed by atoms with van der Waals surface area (Å²) < 4.78 is 32.1. The van der Waals surface area contributed by atoms with E-state index in [0.29, 0.717) is 12.8 Å². The Balaban J connectivity index is 4.25. The number of phosphoric ester groups is 1. The van der Waals surface area contributed by atoms with Gasteiger partial charge in [-0.1, -0.05) is 83.1 Å². The van der Waals surface area contributed by atoms with Crippen LogP contribution in [0, 0.1) is 0 Å². The van der Waals surface area contributed by atoms with E-state index in [1.807, 2.05) is 6.92 Å². The van der Waals surface area contributed by atoms with Crippen LogP contribution in [0.4, 0.5) is 0 Å². The van der Waals surface area contributed by atoms with Gasteiger partial charge in [-0.25, -0.2) is 4.57 Å². The van der Waals surface area contributed by atoms with Crippen LogP contribution in [-0.4, -0.2) is 49.3 Å². The van der Waals surface area contributed by atoms with E-state index in [1.165, 1.54) is 12.8 Å². The van der Waals surface area contributed by atoms with Crippen molar-refractivity contribution < 1.29 is 37.6 Å². The molecular weight excluding hydrogens is 509 g/mol. The van der Waals surface area contributed by atoms with Gasteiger partial charge in [-0.05, 0) is 38.5 Å². The third-order valence-corrected chi connectivity index (χ3v) is 6.57. The predicted octanol–water partition coefficient (Wildman–Crippen LogP) is 6.54. The minimum absolute atomic E-state index is 0.0508. The number of allylic oxidation sites excluding steroid dienone is 4. The SMILES string of the molecule is CCCC/C=C\C/C=C\CCCCCCCC(=O)OC(COC(=O)CCCCC)COP(=O)(O)OCCN. The Hall–Kier alpha value is -1.51. The Labute approximate surface area is 230 Å². The first-order valence-corrected chi connectivity index (χ1v) is 15.8. The fourth-order valence-corrected chi connectivity index (χ4v) is 4.18. The maximum absolute atomic E-state index is 12.3. The van der Waals surface area contributed by atoms with Crippen molar-refractivity contribution >= 4 is 19.8 Å². The molecule has 222 valence electrons. The van der Waals surface area contributed by atoms with Crippen LogP contribution >= 0.6 is 7.82 Å². The molecule has 0 aromatic carbocycles. The van der Waals surface area contributed by atoms with E-state index in [-0.39, 0.29) is 32.6 Å². The number of hydrogen-bond acceptors (Lipinski definition) is 8. The van der Waals surface area contributed by atoms with E-state index in [1.54, 1.807) is 0 Å². The normalized spacial score (nSPS) is 14.1. The minimum Gasteiger partial charge on any atom is -0.462 e. The number of ether oxygens (including phenoxy) is 2. The number of carbonyl (C=O) groups is 2. The summed E-state index contributed by atoms with van der Waals surface area (Å²) in [5, 5.41) is 0. The molecule has 0 bridgehead atoms. The maximum Gasteiger partial charge on any atom is 0.472 e. The lowest BCUT2D eigenvalue weighted by atomic mass is 10.1. The summed E-state index contributed by atoms with van der Waals surface area (Å²) in [6.07, 6.45) is 21.5. The largest absolute Gasteiger partial charge is 0.472 e. The van der Waals surface area contributed by atoms with E-state index < -0.39 is 32.5 Å². The van der Waals surface area contributed by atoms with Crippen molar-refractivity contribution in [2.45, 2.75) is 116 Å². The molecule has 38 heavy (non-hydrogen) atoms. The van der Waals surface area contributed by atoms with Gasteiger partial charge in [0, 0.05) is 19.4 Å². The fourth-order valence-electron chi connectivity index (χ4n) is 3.41. The van der Waals surface area contributed by atoms with E-state index in [9.17, 15) is 19.0 Å². The van der Waals surface area contributed by atoms with Crippen molar-refractivity contribution in [3.05, 3.63) is 24.3 Å². The predicted molar refractivity (Wildman–Crippen MR) is 151 cm³/mol. The van der Waals surface area contributed by atoms with Gasteiger partial charge in [0.1, 0.15) is 6.61 Å². The molecule has 9 nitrogen and oxygen atoms in total. The standard InChI is InChI=1S/C28H52NO8P/c1-3-5-7-8-9-10-11-12-13-14-15-16-17-19-21-28(31)37-26(24-34-27(30)20-18-6-4-2)25-36-38(32,33)35-23-22-29/h8-9,11-12,26H,3-7,10,13-25,29H2,1-2H3,(H,32,33)/b9-8-,12-11-. The molecule has 0 aromatic heterocycles. The van der Waals surface area contributed by atoms with Crippen molar-refractivity contribution in [2.75, 3.05) is 26.4 Å². The van der Waals surface area contributed by atoms with Crippen LogP contribution in [-0.2, 0) is 32.7 Å². The number of hydrogen-bond donors (Lipinski definition) is 2. The monoisotopic (exact) mass is 561 g/mol. The topological polar surface area (TPSA) is 134 Å². The van der Waals surface area contributed by atoms with E-state index >= 15 is 0 Å². The number of rotatable bonds is 26. The third-order valence-electron chi connectivity index (χ3n) is 5.59. The van der Waals surface area contributed by atoms with Crippen LogP contribution in [0.15, 0.2) is 24.3 Å². The summed E-state index contributed by atoms with van der Waals surface area (Å²) in [5.74, 6) is -0.879. The highest BCUT2D eigenvalue weighted by atomic mass is 31.2. The number of unbranched alkanes of at least 4 members (excludes halogenated alkanes) is 9. The molecule has 0 spiro atoms. The zero-order chi connectivity index (χ0) is 28.3. The van der Waals surface area contributed by atoms with Gasteiger partial charge in [-0.15, -0.1) is 0 Å². The van der Waals surface area contributed by atoms with Gasteiger partial charge in [0.2, 0.25) is 0 Å². The molecule has 0 amide bonds. The Morgan fingerprint density at radius 1 is 0.789 bits per heavy atom. The summed E-state index contributed by atoms with van der Waals surface area (Å²) in [5.41, 5.74) is 5.27. The van der Waals surface area contributed by atoms with Gasteiger partial charge in [0.15, 0.2) is 6.10 Å². The van der Waals surface area contributed by atoms with Gasteiger partial charge in [-0.3, -0.25) is 18.6 Å². The van der Waals surface area contributed by atoms with Crippen molar-refractivity contribution in [3.8, 4) is 0 Å². The van der Waals surface area contributed by atoms with Crippen molar-refractivity contribution in [2.24, 2.45) is 5.73 Å². The molecule has 10 heteroatoms. The molecule has 0 radical (unpaired) electrons. The Morgan fingerprint density at radius 3 is 2.08 bits per heavy atom. The van der Waals surface area contributed by atoms with Crippen LogP contribution in [0.3, 0.4) is 0 Å². The summed E-state index contributed by atoms with van der Waals surface area (Å²) in [6, 6.07) is 0. The van der Waals surface area contributed by atoms with Crippen LogP contribution in [0.25, 0.3) is 0 Å². The average molecular weight is 562 g/mol. The number of esters is 2. The van der Waals surface area contributed by atoms with Gasteiger partial charge in [-0.2, -0.15) is 0 Å². The lowest BCUT2D eigenvalue weighted by Gasteiger charge is -2.19. The van der Waals surface area contributed by atoms with E-state index in [0.717, 1.165) is 57.8 Å². The minimum atomic E-state index is -4.35. The second-order valence-electron chi connectivity index (χ2n) is 9.27. The highest BCUT2D eigenvalue weighted by Gasteiger charge is 2.25. The lowest BCUT2D eigenvalue weighted by Crippen LogP contribution is -2.29. The first kappa shape index (κ1) is 36.5. The molecule has 0 aromatic rings. The molecule has 0 aliphatic carbocycles. The summed E-state index contributed by atoms with van der Waals surface area (Å²) >= 11 is 0. The molecule has 2 atom stereocenters. The third kappa shape index (κ3) is 24.8. The molecule has 0 aliphatic rings. The Kier molecular flexibility index (Phi) is 24.7. The molecular formula is C28H52NO8P. The highest BCUT2D eigenvalue weighted by molar-refractivity contribution is 7.47. The highest BCUT2D eigenvalue weighted by Crippen LogP contribution is 2.43. The van der Waals surface area contributed by atoms with E-state index in [4.69, 9.17) is 24.3 Å². The summed E-state index contributed by atoms with van der Waals surface area (Å²) in [4.78, 5) is 33.9. The van der Waals surface area contributed by atoms with Crippen molar-refractivity contribution in [1.82, 2.24) is 0 Å².